The summed E-state index contributed by atoms with van der Waals surface area (Å²) in [5, 5.41) is 3.45. The molecule has 1 unspecified atom stereocenters. The van der Waals surface area contributed by atoms with E-state index in [0.717, 1.165) is 31.9 Å². The molecule has 1 atom stereocenters. The molecule has 1 aromatic carbocycles. The zero-order valence-electron chi connectivity index (χ0n) is 14.3. The summed E-state index contributed by atoms with van der Waals surface area (Å²) in [6.45, 7) is 7.09. The molecule has 0 aliphatic carbocycles. The smallest absolute Gasteiger partial charge is 0.119 e. The van der Waals surface area contributed by atoms with Crippen molar-refractivity contribution >= 4 is 0 Å². The minimum absolute atomic E-state index is 0.622. The lowest BCUT2D eigenvalue weighted by atomic mass is 10.1. The number of nitrogens with zero attached hydrogens (tertiary/aromatic N) is 1. The van der Waals surface area contributed by atoms with Crippen LogP contribution >= 0.6 is 0 Å². The van der Waals surface area contributed by atoms with E-state index in [4.69, 9.17) is 4.74 Å². The molecule has 0 aliphatic rings. The Balaban J connectivity index is 1.66. The van der Waals surface area contributed by atoms with E-state index in [1.54, 1.807) is 6.20 Å². The maximum absolute atomic E-state index is 5.84. The summed E-state index contributed by atoms with van der Waals surface area (Å²) in [7, 11) is 0. The van der Waals surface area contributed by atoms with E-state index in [9.17, 15) is 0 Å². The predicted molar refractivity (Wildman–Crippen MR) is 95.7 cm³/mol. The lowest BCUT2D eigenvalue weighted by Gasteiger charge is -2.12. The van der Waals surface area contributed by atoms with E-state index in [-0.39, 0.29) is 0 Å². The quantitative estimate of drug-likeness (QED) is 0.667. The van der Waals surface area contributed by atoms with Gasteiger partial charge in [-0.15, -0.1) is 0 Å². The van der Waals surface area contributed by atoms with E-state index in [2.05, 4.69) is 54.5 Å². The molecule has 23 heavy (non-hydrogen) atoms. The molecule has 0 aliphatic heterocycles. The number of ether oxygens (including phenoxy) is 1. The first-order valence-corrected chi connectivity index (χ1v) is 8.59. The van der Waals surface area contributed by atoms with Crippen LogP contribution in [-0.4, -0.2) is 18.1 Å². The molecule has 3 heteroatoms. The first kappa shape index (κ1) is 17.5. The summed E-state index contributed by atoms with van der Waals surface area (Å²) in [5.41, 5.74) is 2.55. The second kappa shape index (κ2) is 10.0. The van der Waals surface area contributed by atoms with Crippen LogP contribution in [0.2, 0.25) is 0 Å². The number of aromatic nitrogens is 1. The van der Waals surface area contributed by atoms with E-state index >= 15 is 0 Å². The highest BCUT2D eigenvalue weighted by Gasteiger charge is 2.02. The summed E-state index contributed by atoms with van der Waals surface area (Å²) >= 11 is 0. The third-order valence-electron chi connectivity index (χ3n) is 3.88. The Morgan fingerprint density at radius 2 is 1.96 bits per heavy atom. The molecule has 1 heterocycles. The standard InChI is InChI=1S/C20H28N2O/c1-3-5-17(2)16-23-20-9-7-18(8-10-20)11-13-22-15-19-6-4-12-21-14-19/h4,6-10,12,14,17,22H,3,5,11,13,15-16H2,1-2H3. The maximum Gasteiger partial charge on any atom is 0.119 e. The van der Waals surface area contributed by atoms with Crippen LogP contribution in [0.25, 0.3) is 0 Å². The number of pyridine rings is 1. The van der Waals surface area contributed by atoms with Crippen LogP contribution in [0, 0.1) is 5.92 Å². The molecular formula is C20H28N2O. The van der Waals surface area contributed by atoms with Crippen molar-refractivity contribution < 1.29 is 4.74 Å². The zero-order chi connectivity index (χ0) is 16.3. The first-order chi connectivity index (χ1) is 11.3. The molecule has 0 spiro atoms. The highest BCUT2D eigenvalue weighted by Crippen LogP contribution is 2.15. The summed E-state index contributed by atoms with van der Waals surface area (Å²) in [5.74, 6) is 1.59. The third-order valence-corrected chi connectivity index (χ3v) is 3.88. The maximum atomic E-state index is 5.84. The Morgan fingerprint density at radius 3 is 2.65 bits per heavy atom. The van der Waals surface area contributed by atoms with Crippen molar-refractivity contribution in [1.82, 2.24) is 10.3 Å². The van der Waals surface area contributed by atoms with Gasteiger partial charge in [-0.05, 0) is 54.6 Å². The van der Waals surface area contributed by atoms with Crippen molar-refractivity contribution in [2.75, 3.05) is 13.2 Å². The predicted octanol–water partition coefficient (Wildman–Crippen LogP) is 4.23. The molecule has 1 aromatic heterocycles. The fourth-order valence-electron chi connectivity index (χ4n) is 2.54. The number of hydrogen-bond acceptors (Lipinski definition) is 3. The molecule has 0 radical (unpaired) electrons. The molecule has 124 valence electrons. The van der Waals surface area contributed by atoms with Crippen LogP contribution in [-0.2, 0) is 13.0 Å². The van der Waals surface area contributed by atoms with E-state index in [1.165, 1.54) is 24.0 Å². The van der Waals surface area contributed by atoms with Crippen LogP contribution in [0.4, 0.5) is 0 Å². The number of benzene rings is 1. The Labute approximate surface area is 140 Å². The molecule has 1 N–H and O–H groups in total. The highest BCUT2D eigenvalue weighted by atomic mass is 16.5. The fraction of sp³-hybridized carbons (Fsp3) is 0.450. The van der Waals surface area contributed by atoms with Crippen molar-refractivity contribution in [2.45, 2.75) is 39.7 Å². The fourth-order valence-corrected chi connectivity index (χ4v) is 2.54. The van der Waals surface area contributed by atoms with Crippen LogP contribution in [0.15, 0.2) is 48.8 Å². The van der Waals surface area contributed by atoms with Crippen molar-refractivity contribution in [1.29, 1.82) is 0 Å². The van der Waals surface area contributed by atoms with Gasteiger partial charge < -0.3 is 10.1 Å². The lowest BCUT2D eigenvalue weighted by Crippen LogP contribution is -2.16. The van der Waals surface area contributed by atoms with Gasteiger partial charge >= 0.3 is 0 Å². The molecule has 0 fully saturated rings. The minimum Gasteiger partial charge on any atom is -0.493 e. The van der Waals surface area contributed by atoms with Gasteiger partial charge in [0.25, 0.3) is 0 Å². The molecule has 0 amide bonds. The molecule has 3 nitrogen and oxygen atoms in total. The Bertz CT molecular complexity index is 539. The Morgan fingerprint density at radius 1 is 1.13 bits per heavy atom. The second-order valence-electron chi connectivity index (χ2n) is 6.14. The molecule has 0 bridgehead atoms. The summed E-state index contributed by atoms with van der Waals surface area (Å²) < 4.78 is 5.84. The van der Waals surface area contributed by atoms with Gasteiger partial charge in [0.2, 0.25) is 0 Å². The van der Waals surface area contributed by atoms with Crippen LogP contribution in [0.3, 0.4) is 0 Å². The van der Waals surface area contributed by atoms with E-state index in [1.807, 2.05) is 12.3 Å². The third kappa shape index (κ3) is 6.83. The van der Waals surface area contributed by atoms with Crippen LogP contribution in [0.5, 0.6) is 5.75 Å². The molecule has 0 saturated carbocycles. The second-order valence-corrected chi connectivity index (χ2v) is 6.14. The minimum atomic E-state index is 0.622. The van der Waals surface area contributed by atoms with Gasteiger partial charge in [0, 0.05) is 18.9 Å². The normalized spacial score (nSPS) is 12.1. The van der Waals surface area contributed by atoms with Crippen molar-refractivity contribution in [3.8, 4) is 5.75 Å². The van der Waals surface area contributed by atoms with Gasteiger partial charge in [-0.3, -0.25) is 4.98 Å². The average molecular weight is 312 g/mol. The van der Waals surface area contributed by atoms with Gasteiger partial charge in [0.1, 0.15) is 5.75 Å². The number of hydrogen-bond donors (Lipinski definition) is 1. The lowest BCUT2D eigenvalue weighted by molar-refractivity contribution is 0.251. The summed E-state index contributed by atoms with van der Waals surface area (Å²) in [6, 6.07) is 12.5. The van der Waals surface area contributed by atoms with E-state index in [0.29, 0.717) is 5.92 Å². The van der Waals surface area contributed by atoms with Gasteiger partial charge in [0.15, 0.2) is 0 Å². The van der Waals surface area contributed by atoms with Gasteiger partial charge in [-0.2, -0.15) is 0 Å². The topological polar surface area (TPSA) is 34.1 Å². The number of rotatable bonds is 10. The van der Waals surface area contributed by atoms with Gasteiger partial charge in [0.05, 0.1) is 6.61 Å². The summed E-state index contributed by atoms with van der Waals surface area (Å²) in [6.07, 6.45) is 7.16. The van der Waals surface area contributed by atoms with Crippen molar-refractivity contribution in [3.05, 3.63) is 59.9 Å². The molecule has 2 rings (SSSR count). The number of nitrogens with one attached hydrogen (secondary N) is 1. The van der Waals surface area contributed by atoms with Crippen molar-refractivity contribution in [2.24, 2.45) is 5.92 Å². The van der Waals surface area contributed by atoms with E-state index < -0.39 is 0 Å². The van der Waals surface area contributed by atoms with Gasteiger partial charge in [-0.1, -0.05) is 38.5 Å². The first-order valence-electron chi connectivity index (χ1n) is 8.59. The van der Waals surface area contributed by atoms with Gasteiger partial charge in [-0.25, -0.2) is 0 Å². The average Bonchev–Trinajstić information content (AvgIpc) is 2.59. The Hall–Kier alpha value is -1.87. The summed E-state index contributed by atoms with van der Waals surface area (Å²) in [4.78, 5) is 4.12. The molecular weight excluding hydrogens is 284 g/mol. The van der Waals surface area contributed by atoms with Crippen molar-refractivity contribution in [3.63, 3.8) is 0 Å². The monoisotopic (exact) mass is 312 g/mol. The van der Waals surface area contributed by atoms with Crippen LogP contribution in [0.1, 0.15) is 37.8 Å². The van der Waals surface area contributed by atoms with Crippen LogP contribution < -0.4 is 10.1 Å². The molecule has 2 aromatic rings. The largest absolute Gasteiger partial charge is 0.493 e. The Kier molecular flexibility index (Phi) is 7.61. The zero-order valence-corrected chi connectivity index (χ0v) is 14.3. The highest BCUT2D eigenvalue weighted by molar-refractivity contribution is 5.27. The molecule has 0 saturated heterocycles. The SMILES string of the molecule is CCCC(C)COc1ccc(CCNCc2cccnc2)cc1.